The minimum Gasteiger partial charge on any atom is -0.459 e. The topological polar surface area (TPSA) is 38.3 Å². The number of hydrogen-bond acceptors (Lipinski definition) is 3. The van der Waals surface area contributed by atoms with Crippen LogP contribution in [-0.2, 0) is 16.1 Å². The van der Waals surface area contributed by atoms with Crippen LogP contribution in [0, 0.1) is 0 Å². The quantitative estimate of drug-likeness (QED) is 0.813. The Kier molecular flexibility index (Phi) is 4.37. The van der Waals surface area contributed by atoms with Crippen molar-refractivity contribution in [3.05, 3.63) is 35.9 Å². The van der Waals surface area contributed by atoms with E-state index >= 15 is 0 Å². The van der Waals surface area contributed by atoms with Crippen LogP contribution in [0.3, 0.4) is 0 Å². The number of nitrogens with one attached hydrogen (secondary N) is 1. The second-order valence-electron chi connectivity index (χ2n) is 4.92. The van der Waals surface area contributed by atoms with Crippen molar-refractivity contribution >= 4 is 5.97 Å². The summed E-state index contributed by atoms with van der Waals surface area (Å²) in [5.41, 5.74) is 0.610. The highest BCUT2D eigenvalue weighted by Gasteiger charge is 2.41. The fourth-order valence-electron chi connectivity index (χ4n) is 2.58. The predicted molar refractivity (Wildman–Crippen MR) is 71.1 cm³/mol. The molecule has 0 saturated carbocycles. The lowest BCUT2D eigenvalue weighted by molar-refractivity contribution is -0.152. The Bertz CT molecular complexity index is 383. The summed E-state index contributed by atoms with van der Waals surface area (Å²) in [6, 6.07) is 9.82. The van der Waals surface area contributed by atoms with Gasteiger partial charge in [-0.2, -0.15) is 0 Å². The molecule has 98 valence electrons. The number of ether oxygens (including phenoxy) is 1. The molecule has 18 heavy (non-hydrogen) atoms. The van der Waals surface area contributed by atoms with E-state index in [1.165, 1.54) is 0 Å². The van der Waals surface area contributed by atoms with Crippen molar-refractivity contribution in [2.75, 3.05) is 6.54 Å². The number of benzene rings is 1. The molecule has 1 unspecified atom stereocenters. The Labute approximate surface area is 109 Å². The Balaban J connectivity index is 1.94. The first-order valence-corrected chi connectivity index (χ1v) is 6.73. The van der Waals surface area contributed by atoms with E-state index in [1.807, 2.05) is 30.3 Å². The molecular formula is C15H21NO2. The highest BCUT2D eigenvalue weighted by atomic mass is 16.5. The third-order valence-electron chi connectivity index (χ3n) is 3.52. The van der Waals surface area contributed by atoms with Crippen molar-refractivity contribution in [1.82, 2.24) is 5.32 Å². The minimum absolute atomic E-state index is 0.0919. The molecule has 1 fully saturated rings. The molecule has 1 atom stereocenters. The van der Waals surface area contributed by atoms with Gasteiger partial charge in [0.25, 0.3) is 0 Å². The maximum Gasteiger partial charge on any atom is 0.326 e. The van der Waals surface area contributed by atoms with Gasteiger partial charge >= 0.3 is 5.97 Å². The number of carbonyl (C=O) groups is 1. The van der Waals surface area contributed by atoms with Crippen molar-refractivity contribution in [3.63, 3.8) is 0 Å². The van der Waals surface area contributed by atoms with E-state index in [-0.39, 0.29) is 5.97 Å². The van der Waals surface area contributed by atoms with Crippen LogP contribution in [0.25, 0.3) is 0 Å². The average Bonchev–Trinajstić information content (AvgIpc) is 2.87. The molecule has 1 aliphatic heterocycles. The van der Waals surface area contributed by atoms with Crippen LogP contribution in [0.1, 0.15) is 38.2 Å². The highest BCUT2D eigenvalue weighted by molar-refractivity contribution is 5.81. The first kappa shape index (κ1) is 13.1. The second kappa shape index (κ2) is 6.01. The lowest BCUT2D eigenvalue weighted by Crippen LogP contribution is -2.48. The van der Waals surface area contributed by atoms with Crippen LogP contribution in [0.15, 0.2) is 30.3 Å². The smallest absolute Gasteiger partial charge is 0.326 e. The maximum absolute atomic E-state index is 12.2. The Morgan fingerprint density at radius 1 is 1.39 bits per heavy atom. The van der Waals surface area contributed by atoms with Gasteiger partial charge in [0.15, 0.2) is 0 Å². The normalized spacial score (nSPS) is 22.9. The summed E-state index contributed by atoms with van der Waals surface area (Å²) in [5.74, 6) is -0.0919. The van der Waals surface area contributed by atoms with Crippen LogP contribution < -0.4 is 5.32 Å². The third kappa shape index (κ3) is 2.91. The zero-order chi connectivity index (χ0) is 12.8. The van der Waals surface area contributed by atoms with E-state index in [0.717, 1.165) is 37.8 Å². The van der Waals surface area contributed by atoms with Gasteiger partial charge in [-0.05, 0) is 31.4 Å². The average molecular weight is 247 g/mol. The molecule has 0 amide bonds. The Morgan fingerprint density at radius 3 is 2.78 bits per heavy atom. The molecule has 0 bridgehead atoms. The van der Waals surface area contributed by atoms with Gasteiger partial charge in [0.05, 0.1) is 0 Å². The van der Waals surface area contributed by atoms with E-state index in [0.29, 0.717) is 6.61 Å². The second-order valence-corrected chi connectivity index (χ2v) is 4.92. The van der Waals surface area contributed by atoms with Gasteiger partial charge in [-0.1, -0.05) is 43.7 Å². The molecule has 1 aromatic carbocycles. The first-order valence-electron chi connectivity index (χ1n) is 6.73. The molecule has 1 saturated heterocycles. The van der Waals surface area contributed by atoms with E-state index in [1.54, 1.807) is 0 Å². The SMILES string of the molecule is CCCC1(C(=O)OCc2ccccc2)CCCN1. The summed E-state index contributed by atoms with van der Waals surface area (Å²) < 4.78 is 5.47. The van der Waals surface area contributed by atoms with E-state index in [2.05, 4.69) is 12.2 Å². The largest absolute Gasteiger partial charge is 0.459 e. The van der Waals surface area contributed by atoms with Gasteiger partial charge in [0, 0.05) is 0 Å². The van der Waals surface area contributed by atoms with Crippen molar-refractivity contribution in [2.24, 2.45) is 0 Å². The van der Waals surface area contributed by atoms with Crippen molar-refractivity contribution in [2.45, 2.75) is 44.8 Å². The first-order chi connectivity index (χ1) is 8.77. The minimum atomic E-state index is -0.427. The van der Waals surface area contributed by atoms with Crippen LogP contribution in [0.5, 0.6) is 0 Å². The molecule has 2 rings (SSSR count). The van der Waals surface area contributed by atoms with Gasteiger partial charge in [-0.15, -0.1) is 0 Å². The Hall–Kier alpha value is -1.35. The summed E-state index contributed by atoms with van der Waals surface area (Å²) in [6.45, 7) is 3.39. The third-order valence-corrected chi connectivity index (χ3v) is 3.52. The highest BCUT2D eigenvalue weighted by Crippen LogP contribution is 2.26. The van der Waals surface area contributed by atoms with Gasteiger partial charge in [0.1, 0.15) is 12.1 Å². The van der Waals surface area contributed by atoms with Crippen LogP contribution in [-0.4, -0.2) is 18.1 Å². The van der Waals surface area contributed by atoms with Gasteiger partial charge in [-0.25, -0.2) is 0 Å². The van der Waals surface area contributed by atoms with Gasteiger partial charge < -0.3 is 10.1 Å². The molecule has 1 aliphatic rings. The van der Waals surface area contributed by atoms with Crippen molar-refractivity contribution in [3.8, 4) is 0 Å². The van der Waals surface area contributed by atoms with Crippen molar-refractivity contribution in [1.29, 1.82) is 0 Å². The summed E-state index contributed by atoms with van der Waals surface area (Å²) in [6.07, 6.45) is 3.81. The fraction of sp³-hybridized carbons (Fsp3) is 0.533. The summed E-state index contributed by atoms with van der Waals surface area (Å²) in [4.78, 5) is 12.2. The molecular weight excluding hydrogens is 226 g/mol. The lowest BCUT2D eigenvalue weighted by atomic mass is 9.92. The summed E-state index contributed by atoms with van der Waals surface area (Å²) >= 11 is 0. The predicted octanol–water partition coefficient (Wildman–Crippen LogP) is 2.65. The molecule has 1 aromatic rings. The van der Waals surface area contributed by atoms with Crippen LogP contribution in [0.4, 0.5) is 0 Å². The summed E-state index contributed by atoms with van der Waals surface area (Å²) in [5, 5.41) is 3.33. The molecule has 0 aliphatic carbocycles. The zero-order valence-electron chi connectivity index (χ0n) is 10.9. The van der Waals surface area contributed by atoms with Gasteiger partial charge in [0.2, 0.25) is 0 Å². The maximum atomic E-state index is 12.2. The van der Waals surface area contributed by atoms with E-state index < -0.39 is 5.54 Å². The molecule has 0 aromatic heterocycles. The molecule has 1 heterocycles. The van der Waals surface area contributed by atoms with E-state index in [9.17, 15) is 4.79 Å². The molecule has 0 radical (unpaired) electrons. The fourth-order valence-corrected chi connectivity index (χ4v) is 2.58. The number of rotatable bonds is 5. The zero-order valence-corrected chi connectivity index (χ0v) is 10.9. The standard InChI is InChI=1S/C15H21NO2/c1-2-9-15(10-6-11-16-15)14(17)18-12-13-7-4-3-5-8-13/h3-5,7-8,16H,2,6,9-12H2,1H3. The van der Waals surface area contributed by atoms with E-state index in [4.69, 9.17) is 4.74 Å². The molecule has 1 N–H and O–H groups in total. The van der Waals surface area contributed by atoms with Crippen molar-refractivity contribution < 1.29 is 9.53 Å². The monoisotopic (exact) mass is 247 g/mol. The van der Waals surface area contributed by atoms with Gasteiger partial charge in [-0.3, -0.25) is 4.79 Å². The molecule has 3 nitrogen and oxygen atoms in total. The molecule has 0 spiro atoms. The molecule has 3 heteroatoms. The summed E-state index contributed by atoms with van der Waals surface area (Å²) in [7, 11) is 0. The lowest BCUT2D eigenvalue weighted by Gasteiger charge is -2.26. The number of esters is 1. The Morgan fingerprint density at radius 2 is 2.17 bits per heavy atom. The van der Waals surface area contributed by atoms with Crippen LogP contribution in [0.2, 0.25) is 0 Å². The number of hydrogen-bond donors (Lipinski definition) is 1. The number of carbonyl (C=O) groups excluding carboxylic acids is 1. The van der Waals surface area contributed by atoms with Crippen LogP contribution >= 0.6 is 0 Å².